The first kappa shape index (κ1) is 25.6. The van der Waals surface area contributed by atoms with Gasteiger partial charge in [0.05, 0.1) is 12.1 Å². The van der Waals surface area contributed by atoms with Gasteiger partial charge in [-0.3, -0.25) is 4.79 Å². The first-order valence-corrected chi connectivity index (χ1v) is 11.6. The molecule has 1 aromatic carbocycles. The van der Waals surface area contributed by atoms with E-state index in [1.165, 1.54) is 0 Å². The van der Waals surface area contributed by atoms with Gasteiger partial charge in [0.25, 0.3) is 5.91 Å². The van der Waals surface area contributed by atoms with E-state index in [4.69, 9.17) is 4.74 Å². The molecule has 0 aliphatic heterocycles. The SMILES string of the molecule is CC(/C=C/CCCCCCCOc1ccc2ccccc2n1)=C(\F)C(=O)NCC(C)(C)C. The monoisotopic (exact) mass is 440 g/mol. The van der Waals surface area contributed by atoms with Crippen LogP contribution in [0.25, 0.3) is 10.9 Å². The number of unbranched alkanes of at least 4 members (excludes halogenated alkanes) is 5. The van der Waals surface area contributed by atoms with Crippen LogP contribution < -0.4 is 10.1 Å². The minimum Gasteiger partial charge on any atom is -0.478 e. The van der Waals surface area contributed by atoms with Gasteiger partial charge in [0, 0.05) is 18.0 Å². The number of ether oxygens (including phenoxy) is 1. The third kappa shape index (κ3) is 9.63. The lowest BCUT2D eigenvalue weighted by molar-refractivity contribution is -0.119. The van der Waals surface area contributed by atoms with E-state index in [2.05, 4.69) is 10.3 Å². The summed E-state index contributed by atoms with van der Waals surface area (Å²) in [6.07, 6.45) is 9.95. The van der Waals surface area contributed by atoms with Crippen LogP contribution in [-0.4, -0.2) is 24.0 Å². The van der Waals surface area contributed by atoms with Gasteiger partial charge >= 0.3 is 0 Å². The van der Waals surface area contributed by atoms with Gasteiger partial charge in [-0.2, -0.15) is 0 Å². The number of fused-ring (bicyclic) bond motifs is 1. The lowest BCUT2D eigenvalue weighted by Gasteiger charge is -2.18. The average Bonchev–Trinajstić information content (AvgIpc) is 2.77. The van der Waals surface area contributed by atoms with Crippen LogP contribution in [0.5, 0.6) is 5.88 Å². The molecule has 0 saturated heterocycles. The Bertz CT molecular complexity index is 929. The smallest absolute Gasteiger partial charge is 0.280 e. The number of amides is 1. The molecule has 1 heterocycles. The summed E-state index contributed by atoms with van der Waals surface area (Å²) in [7, 11) is 0. The molecule has 4 nitrogen and oxygen atoms in total. The number of nitrogens with one attached hydrogen (secondary N) is 1. The highest BCUT2D eigenvalue weighted by Gasteiger charge is 2.15. The number of halogens is 1. The van der Waals surface area contributed by atoms with E-state index in [0.29, 0.717) is 24.6 Å². The van der Waals surface area contributed by atoms with Crippen molar-refractivity contribution in [3.63, 3.8) is 0 Å². The van der Waals surface area contributed by atoms with Crippen molar-refractivity contribution in [1.82, 2.24) is 10.3 Å². The molecular weight excluding hydrogens is 403 g/mol. The molecule has 2 rings (SSSR count). The molecule has 1 amide bonds. The topological polar surface area (TPSA) is 51.2 Å². The van der Waals surface area contributed by atoms with Crippen LogP contribution in [0.2, 0.25) is 0 Å². The van der Waals surface area contributed by atoms with Gasteiger partial charge in [-0.05, 0) is 49.3 Å². The fraction of sp³-hybridized carbons (Fsp3) is 0.481. The number of hydrogen-bond acceptors (Lipinski definition) is 3. The first-order valence-electron chi connectivity index (χ1n) is 11.6. The summed E-state index contributed by atoms with van der Waals surface area (Å²) in [6, 6.07) is 12.0. The predicted molar refractivity (Wildman–Crippen MR) is 130 cm³/mol. The van der Waals surface area contributed by atoms with Crippen LogP contribution in [0.1, 0.15) is 66.2 Å². The number of nitrogens with zero attached hydrogens (tertiary/aromatic N) is 1. The van der Waals surface area contributed by atoms with E-state index in [9.17, 15) is 9.18 Å². The maximum atomic E-state index is 14.1. The van der Waals surface area contributed by atoms with Crippen molar-refractivity contribution in [2.45, 2.75) is 66.2 Å². The van der Waals surface area contributed by atoms with Crippen molar-refractivity contribution in [2.24, 2.45) is 5.41 Å². The van der Waals surface area contributed by atoms with Gasteiger partial charge in [0.2, 0.25) is 5.88 Å². The Morgan fingerprint density at radius 3 is 2.56 bits per heavy atom. The molecule has 0 bridgehead atoms. The Labute approximate surface area is 192 Å². The normalized spacial score (nSPS) is 12.8. The summed E-state index contributed by atoms with van der Waals surface area (Å²) < 4.78 is 19.9. The Balaban J connectivity index is 1.55. The minimum absolute atomic E-state index is 0.0703. The van der Waals surface area contributed by atoms with E-state index < -0.39 is 11.7 Å². The largest absolute Gasteiger partial charge is 0.478 e. The summed E-state index contributed by atoms with van der Waals surface area (Å²) in [5.74, 6) is -0.661. The lowest BCUT2D eigenvalue weighted by atomic mass is 9.97. The maximum absolute atomic E-state index is 14.1. The van der Waals surface area contributed by atoms with Crippen LogP contribution in [0.3, 0.4) is 0 Å². The van der Waals surface area contributed by atoms with Crippen molar-refractivity contribution in [3.8, 4) is 5.88 Å². The summed E-state index contributed by atoms with van der Waals surface area (Å²) in [4.78, 5) is 16.4. The second-order valence-corrected chi connectivity index (χ2v) is 9.39. The summed E-state index contributed by atoms with van der Waals surface area (Å²) in [5.41, 5.74) is 1.25. The number of rotatable bonds is 12. The van der Waals surface area contributed by atoms with Gasteiger partial charge in [-0.15, -0.1) is 0 Å². The van der Waals surface area contributed by atoms with Gasteiger partial charge in [0.1, 0.15) is 0 Å². The lowest BCUT2D eigenvalue weighted by Crippen LogP contribution is -2.32. The number of carbonyl (C=O) groups excluding carboxylic acids is 1. The quantitative estimate of drug-likeness (QED) is 0.221. The Morgan fingerprint density at radius 1 is 1.06 bits per heavy atom. The fourth-order valence-corrected chi connectivity index (χ4v) is 3.13. The van der Waals surface area contributed by atoms with E-state index in [1.807, 2.05) is 63.2 Å². The summed E-state index contributed by atoms with van der Waals surface area (Å²) >= 11 is 0. The van der Waals surface area contributed by atoms with Crippen molar-refractivity contribution >= 4 is 16.8 Å². The molecule has 0 aliphatic carbocycles. The standard InChI is InChI=1S/C27H37FN2O2/c1-21(25(28)26(31)29-20-27(2,3)4)14-10-8-6-5-7-9-13-19-32-24-18-17-22-15-11-12-16-23(22)30-24/h10-12,14-18H,5-9,13,19-20H2,1-4H3,(H,29,31)/b14-10+,25-21+. The molecule has 2 aromatic rings. The molecule has 0 unspecified atom stereocenters. The van der Waals surface area contributed by atoms with Crippen LogP contribution in [0.4, 0.5) is 4.39 Å². The van der Waals surface area contributed by atoms with E-state index in [0.717, 1.165) is 49.4 Å². The Kier molecular flexibility index (Phi) is 10.4. The molecule has 0 aliphatic rings. The molecule has 0 spiro atoms. The third-order valence-electron chi connectivity index (χ3n) is 5.03. The molecule has 1 N–H and O–H groups in total. The molecule has 0 radical (unpaired) electrons. The Morgan fingerprint density at radius 2 is 1.78 bits per heavy atom. The zero-order valence-electron chi connectivity index (χ0n) is 19.9. The first-order chi connectivity index (χ1) is 15.3. The van der Waals surface area contributed by atoms with E-state index >= 15 is 0 Å². The number of para-hydroxylation sites is 1. The number of hydrogen-bond donors (Lipinski definition) is 1. The van der Waals surface area contributed by atoms with Gasteiger partial charge in [0.15, 0.2) is 5.83 Å². The summed E-state index contributed by atoms with van der Waals surface area (Å²) in [6.45, 7) is 8.74. The van der Waals surface area contributed by atoms with E-state index in [1.54, 1.807) is 13.0 Å². The van der Waals surface area contributed by atoms with Gasteiger partial charge in [-0.1, -0.05) is 70.4 Å². The van der Waals surface area contributed by atoms with Crippen molar-refractivity contribution in [3.05, 3.63) is 60.0 Å². The van der Waals surface area contributed by atoms with Crippen LogP contribution in [0, 0.1) is 5.41 Å². The zero-order valence-corrected chi connectivity index (χ0v) is 19.9. The van der Waals surface area contributed by atoms with Gasteiger partial charge in [-0.25, -0.2) is 9.37 Å². The molecule has 5 heteroatoms. The van der Waals surface area contributed by atoms with Crippen molar-refractivity contribution in [2.75, 3.05) is 13.2 Å². The summed E-state index contributed by atoms with van der Waals surface area (Å²) in [5, 5.41) is 3.75. The van der Waals surface area contributed by atoms with E-state index in [-0.39, 0.29) is 5.41 Å². The second-order valence-electron chi connectivity index (χ2n) is 9.39. The number of aromatic nitrogens is 1. The van der Waals surface area contributed by atoms with Gasteiger partial charge < -0.3 is 10.1 Å². The Hall–Kier alpha value is -2.69. The zero-order chi connectivity index (χ0) is 23.4. The molecule has 0 atom stereocenters. The number of carbonyl (C=O) groups is 1. The number of allylic oxidation sites excluding steroid dienone is 3. The number of pyridine rings is 1. The molecule has 0 saturated carbocycles. The minimum atomic E-state index is -0.702. The van der Waals surface area contributed by atoms with Crippen LogP contribution in [-0.2, 0) is 4.79 Å². The average molecular weight is 441 g/mol. The maximum Gasteiger partial charge on any atom is 0.280 e. The highest BCUT2D eigenvalue weighted by atomic mass is 19.1. The third-order valence-corrected chi connectivity index (χ3v) is 5.03. The fourth-order valence-electron chi connectivity index (χ4n) is 3.13. The van der Waals surface area contributed by atoms with Crippen molar-refractivity contribution in [1.29, 1.82) is 0 Å². The second kappa shape index (κ2) is 13.0. The molecule has 32 heavy (non-hydrogen) atoms. The molecule has 174 valence electrons. The highest BCUT2D eigenvalue weighted by Crippen LogP contribution is 2.17. The molecule has 0 fully saturated rings. The highest BCUT2D eigenvalue weighted by molar-refractivity contribution is 5.92. The predicted octanol–water partition coefficient (Wildman–Crippen LogP) is 6.92. The molecular formula is C27H37FN2O2. The van der Waals surface area contributed by atoms with Crippen molar-refractivity contribution < 1.29 is 13.9 Å². The number of benzene rings is 1. The molecule has 1 aromatic heterocycles. The van der Waals surface area contributed by atoms with Crippen LogP contribution >= 0.6 is 0 Å². The van der Waals surface area contributed by atoms with Crippen LogP contribution in [0.15, 0.2) is 60.0 Å².